The van der Waals surface area contributed by atoms with E-state index in [2.05, 4.69) is 5.32 Å². The predicted molar refractivity (Wildman–Crippen MR) is 46.3 cm³/mol. The minimum atomic E-state index is -0.338. The second kappa shape index (κ2) is 6.39. The van der Waals surface area contributed by atoms with E-state index in [0.717, 1.165) is 0 Å². The van der Waals surface area contributed by atoms with Crippen LogP contribution in [0.1, 0.15) is 19.8 Å². The van der Waals surface area contributed by atoms with Crippen molar-refractivity contribution in [1.29, 1.82) is 0 Å². The Kier molecular flexibility index (Phi) is 5.69. The molecule has 0 saturated heterocycles. The van der Waals surface area contributed by atoms with Gasteiger partial charge in [0.1, 0.15) is 0 Å². The molecule has 0 aliphatic carbocycles. The first-order valence-corrected chi connectivity index (χ1v) is 3.85. The first kappa shape index (κ1) is 10.7. The molecule has 2 amide bonds. The molecule has 4 nitrogen and oxygen atoms in total. The monoisotopic (exact) mass is 170 g/mol. The number of hydrogen-bond acceptors (Lipinski definition) is 2. The van der Waals surface area contributed by atoms with Crippen molar-refractivity contribution in [3.8, 4) is 0 Å². The van der Waals surface area contributed by atoms with Gasteiger partial charge in [0.05, 0.1) is 0 Å². The van der Waals surface area contributed by atoms with Gasteiger partial charge in [-0.25, -0.2) is 0 Å². The fraction of sp³-hybridized carbons (Fsp3) is 0.500. The van der Waals surface area contributed by atoms with Crippen LogP contribution < -0.4 is 11.1 Å². The number of amides is 2. The summed E-state index contributed by atoms with van der Waals surface area (Å²) in [4.78, 5) is 21.0. The lowest BCUT2D eigenvalue weighted by atomic mass is 10.3. The molecule has 0 aromatic heterocycles. The summed E-state index contributed by atoms with van der Waals surface area (Å²) < 4.78 is 0. The van der Waals surface area contributed by atoms with E-state index in [1.165, 1.54) is 6.08 Å². The second-order valence-electron chi connectivity index (χ2n) is 2.36. The molecule has 0 spiro atoms. The summed E-state index contributed by atoms with van der Waals surface area (Å²) in [5.74, 6) is -0.475. The van der Waals surface area contributed by atoms with E-state index in [0.29, 0.717) is 19.4 Å². The molecule has 0 aromatic carbocycles. The Morgan fingerprint density at radius 2 is 2.17 bits per heavy atom. The van der Waals surface area contributed by atoms with Crippen LogP contribution in [0.25, 0.3) is 0 Å². The van der Waals surface area contributed by atoms with Gasteiger partial charge in [-0.05, 0) is 19.4 Å². The maximum absolute atomic E-state index is 10.8. The molecule has 0 rings (SSSR count). The zero-order valence-corrected chi connectivity index (χ0v) is 7.17. The molecule has 0 aliphatic rings. The van der Waals surface area contributed by atoms with E-state index in [-0.39, 0.29) is 11.8 Å². The van der Waals surface area contributed by atoms with E-state index < -0.39 is 0 Å². The highest BCUT2D eigenvalue weighted by atomic mass is 16.1. The van der Waals surface area contributed by atoms with Crippen molar-refractivity contribution in [2.24, 2.45) is 5.73 Å². The van der Waals surface area contributed by atoms with Crippen LogP contribution >= 0.6 is 0 Å². The Bertz CT molecular complexity index is 187. The third kappa shape index (κ3) is 6.80. The largest absolute Gasteiger partial charge is 0.370 e. The molecule has 68 valence electrons. The van der Waals surface area contributed by atoms with Crippen LogP contribution in [0.5, 0.6) is 0 Å². The molecule has 0 unspecified atom stereocenters. The molecule has 0 aliphatic heterocycles. The van der Waals surface area contributed by atoms with Gasteiger partial charge in [0.2, 0.25) is 11.8 Å². The summed E-state index contributed by atoms with van der Waals surface area (Å²) in [6.07, 6.45) is 4.00. The van der Waals surface area contributed by atoms with E-state index >= 15 is 0 Å². The molecule has 12 heavy (non-hydrogen) atoms. The minimum Gasteiger partial charge on any atom is -0.370 e. The van der Waals surface area contributed by atoms with Crippen LogP contribution in [0.3, 0.4) is 0 Å². The van der Waals surface area contributed by atoms with Gasteiger partial charge in [0.25, 0.3) is 0 Å². The average molecular weight is 170 g/mol. The average Bonchev–Trinajstić information content (AvgIpc) is 1.98. The smallest absolute Gasteiger partial charge is 0.243 e. The summed E-state index contributed by atoms with van der Waals surface area (Å²) in [6, 6.07) is 0. The number of allylic oxidation sites excluding steroid dienone is 1. The Morgan fingerprint density at radius 3 is 2.67 bits per heavy atom. The van der Waals surface area contributed by atoms with Gasteiger partial charge in [-0.3, -0.25) is 9.59 Å². The Morgan fingerprint density at radius 1 is 1.50 bits per heavy atom. The van der Waals surface area contributed by atoms with Crippen molar-refractivity contribution in [2.45, 2.75) is 19.8 Å². The number of rotatable bonds is 5. The van der Waals surface area contributed by atoms with Crippen molar-refractivity contribution in [3.63, 3.8) is 0 Å². The summed E-state index contributed by atoms with van der Waals surface area (Å²) >= 11 is 0. The molecule has 0 fully saturated rings. The zero-order valence-electron chi connectivity index (χ0n) is 7.17. The Labute approximate surface area is 71.8 Å². The van der Waals surface area contributed by atoms with Gasteiger partial charge in [-0.1, -0.05) is 6.08 Å². The minimum absolute atomic E-state index is 0.137. The van der Waals surface area contributed by atoms with Gasteiger partial charge < -0.3 is 11.1 Å². The number of carbonyl (C=O) groups is 2. The van der Waals surface area contributed by atoms with Crippen molar-refractivity contribution in [3.05, 3.63) is 12.2 Å². The topological polar surface area (TPSA) is 72.2 Å². The summed E-state index contributed by atoms with van der Waals surface area (Å²) in [5, 5.41) is 2.61. The Balaban J connectivity index is 3.31. The molecule has 0 saturated carbocycles. The maximum atomic E-state index is 10.8. The molecule has 0 heterocycles. The van der Waals surface area contributed by atoms with Gasteiger partial charge in [-0.15, -0.1) is 0 Å². The SMILES string of the molecule is CC=CC(=O)NCCCC(N)=O. The molecule has 0 bridgehead atoms. The lowest BCUT2D eigenvalue weighted by Crippen LogP contribution is -2.23. The summed E-state index contributed by atoms with van der Waals surface area (Å²) in [5.41, 5.74) is 4.90. The van der Waals surface area contributed by atoms with Crippen molar-refractivity contribution >= 4 is 11.8 Å². The van der Waals surface area contributed by atoms with Gasteiger partial charge in [0, 0.05) is 13.0 Å². The van der Waals surface area contributed by atoms with E-state index in [4.69, 9.17) is 5.73 Å². The lowest BCUT2D eigenvalue weighted by molar-refractivity contribution is -0.119. The van der Waals surface area contributed by atoms with Crippen LogP contribution in [0.4, 0.5) is 0 Å². The van der Waals surface area contributed by atoms with Gasteiger partial charge >= 0.3 is 0 Å². The maximum Gasteiger partial charge on any atom is 0.243 e. The van der Waals surface area contributed by atoms with Gasteiger partial charge in [0.15, 0.2) is 0 Å². The zero-order chi connectivity index (χ0) is 9.40. The summed E-state index contributed by atoms with van der Waals surface area (Å²) in [6.45, 7) is 2.26. The van der Waals surface area contributed by atoms with E-state index in [1.54, 1.807) is 13.0 Å². The fourth-order valence-electron chi connectivity index (χ4n) is 0.685. The standard InChI is InChI=1S/C8H14N2O2/c1-2-4-8(12)10-6-3-5-7(9)11/h2,4H,3,5-6H2,1H3,(H2,9,11)(H,10,12). The molecular weight excluding hydrogens is 156 g/mol. The molecule has 0 radical (unpaired) electrons. The van der Waals surface area contributed by atoms with Crippen molar-refractivity contribution in [1.82, 2.24) is 5.32 Å². The van der Waals surface area contributed by atoms with Crippen LogP contribution in [-0.2, 0) is 9.59 Å². The first-order chi connectivity index (χ1) is 5.66. The molecule has 0 atom stereocenters. The summed E-state index contributed by atoms with van der Waals surface area (Å²) in [7, 11) is 0. The third-order valence-corrected chi connectivity index (χ3v) is 1.22. The normalized spacial score (nSPS) is 10.1. The van der Waals surface area contributed by atoms with Gasteiger partial charge in [-0.2, -0.15) is 0 Å². The molecule has 0 aromatic rings. The number of nitrogens with two attached hydrogens (primary N) is 1. The molecule has 3 N–H and O–H groups in total. The van der Waals surface area contributed by atoms with E-state index in [1.807, 2.05) is 0 Å². The van der Waals surface area contributed by atoms with Crippen molar-refractivity contribution in [2.75, 3.05) is 6.54 Å². The molecular formula is C8H14N2O2. The second-order valence-corrected chi connectivity index (χ2v) is 2.36. The van der Waals surface area contributed by atoms with Crippen LogP contribution in [0, 0.1) is 0 Å². The van der Waals surface area contributed by atoms with Crippen LogP contribution in [0.2, 0.25) is 0 Å². The Hall–Kier alpha value is -1.32. The fourth-order valence-corrected chi connectivity index (χ4v) is 0.685. The van der Waals surface area contributed by atoms with E-state index in [9.17, 15) is 9.59 Å². The van der Waals surface area contributed by atoms with Crippen molar-refractivity contribution < 1.29 is 9.59 Å². The molecule has 4 heteroatoms. The number of nitrogens with one attached hydrogen (secondary N) is 1. The number of carbonyl (C=O) groups excluding carboxylic acids is 2. The highest BCUT2D eigenvalue weighted by Crippen LogP contribution is 1.84. The van der Waals surface area contributed by atoms with Crippen LogP contribution in [0.15, 0.2) is 12.2 Å². The highest BCUT2D eigenvalue weighted by molar-refractivity contribution is 5.87. The van der Waals surface area contributed by atoms with Crippen LogP contribution in [-0.4, -0.2) is 18.4 Å². The number of hydrogen-bond donors (Lipinski definition) is 2. The quantitative estimate of drug-likeness (QED) is 0.448. The highest BCUT2D eigenvalue weighted by Gasteiger charge is 1.95. The number of primary amides is 1. The first-order valence-electron chi connectivity index (χ1n) is 3.85. The third-order valence-electron chi connectivity index (χ3n) is 1.22. The predicted octanol–water partition coefficient (Wildman–Crippen LogP) is -0.0558. The lowest BCUT2D eigenvalue weighted by Gasteiger charge is -1.99.